The average molecular weight is 263 g/mol. The van der Waals surface area contributed by atoms with E-state index in [1.807, 2.05) is 12.1 Å². The third-order valence-corrected chi connectivity index (χ3v) is 4.06. The molecule has 2 nitrogen and oxygen atoms in total. The minimum Gasteiger partial charge on any atom is -0.366 e. The second-order valence-corrected chi connectivity index (χ2v) is 6.15. The fraction of sp³-hybridized carbons (Fsp3) is 0.533. The Morgan fingerprint density at radius 2 is 2.17 bits per heavy atom. The lowest BCUT2D eigenvalue weighted by Crippen LogP contribution is -2.50. The normalized spacial score (nSPS) is 22.6. The summed E-state index contributed by atoms with van der Waals surface area (Å²) in [6.45, 7) is 7.44. The molecule has 0 bridgehead atoms. The van der Waals surface area contributed by atoms with Crippen LogP contribution in [0.1, 0.15) is 32.3 Å². The molecule has 1 aliphatic rings. The molecule has 0 aliphatic carbocycles. The molecule has 18 heavy (non-hydrogen) atoms. The number of aryl methyl sites for hydroxylation is 1. The minimum atomic E-state index is 0.00802. The highest BCUT2D eigenvalue weighted by molar-refractivity contribution is 6.30. The summed E-state index contributed by atoms with van der Waals surface area (Å²) >= 11 is 6.11. The Balaban J connectivity index is 2.34. The maximum Gasteiger partial charge on any atom is 0.0657 e. The van der Waals surface area contributed by atoms with E-state index in [4.69, 9.17) is 16.9 Å². The van der Waals surface area contributed by atoms with Crippen molar-refractivity contribution in [2.75, 3.05) is 11.4 Å². The van der Waals surface area contributed by atoms with Crippen molar-refractivity contribution >= 4 is 17.3 Å². The van der Waals surface area contributed by atoms with Gasteiger partial charge in [-0.25, -0.2) is 0 Å². The molecule has 1 fully saturated rings. The molecule has 1 heterocycles. The Bertz CT molecular complexity index is 488. The van der Waals surface area contributed by atoms with Crippen molar-refractivity contribution in [3.63, 3.8) is 0 Å². The van der Waals surface area contributed by atoms with E-state index in [1.54, 1.807) is 0 Å². The van der Waals surface area contributed by atoms with Gasteiger partial charge in [0, 0.05) is 22.8 Å². The number of nitriles is 1. The molecule has 0 aromatic heterocycles. The summed E-state index contributed by atoms with van der Waals surface area (Å²) in [7, 11) is 0. The van der Waals surface area contributed by atoms with E-state index in [0.717, 1.165) is 24.4 Å². The van der Waals surface area contributed by atoms with Crippen LogP contribution in [0.3, 0.4) is 0 Å². The Kier molecular flexibility index (Phi) is 3.54. The Morgan fingerprint density at radius 3 is 2.78 bits per heavy atom. The van der Waals surface area contributed by atoms with E-state index < -0.39 is 0 Å². The van der Waals surface area contributed by atoms with Crippen molar-refractivity contribution in [2.45, 2.75) is 39.2 Å². The summed E-state index contributed by atoms with van der Waals surface area (Å²) in [5, 5.41) is 9.86. The molecule has 0 amide bonds. The molecule has 3 heteroatoms. The molecule has 0 spiro atoms. The van der Waals surface area contributed by atoms with Gasteiger partial charge in [0.15, 0.2) is 0 Å². The standard InChI is InChI=1S/C15H19ClN2/c1-11-4-5-13(16)8-14(11)18-7-6-12(10-17)9-15(18,2)3/h4-5,8,12H,6-7,9H2,1-3H3. The first kappa shape index (κ1) is 13.2. The highest BCUT2D eigenvalue weighted by Gasteiger charge is 2.35. The lowest BCUT2D eigenvalue weighted by atomic mass is 9.82. The number of benzene rings is 1. The Morgan fingerprint density at radius 1 is 1.44 bits per heavy atom. The van der Waals surface area contributed by atoms with E-state index in [9.17, 15) is 0 Å². The largest absolute Gasteiger partial charge is 0.366 e. The van der Waals surface area contributed by atoms with Crippen molar-refractivity contribution in [1.29, 1.82) is 5.26 Å². The molecular weight excluding hydrogens is 244 g/mol. The smallest absolute Gasteiger partial charge is 0.0657 e. The van der Waals surface area contributed by atoms with Gasteiger partial charge in [-0.2, -0.15) is 5.26 Å². The highest BCUT2D eigenvalue weighted by atomic mass is 35.5. The predicted octanol–water partition coefficient (Wildman–Crippen LogP) is 4.17. The van der Waals surface area contributed by atoms with Gasteiger partial charge in [-0.05, 0) is 51.3 Å². The second-order valence-electron chi connectivity index (χ2n) is 5.71. The van der Waals surface area contributed by atoms with Crippen LogP contribution >= 0.6 is 11.6 Å². The highest BCUT2D eigenvalue weighted by Crippen LogP contribution is 2.37. The molecule has 1 aromatic rings. The fourth-order valence-electron chi connectivity index (χ4n) is 2.83. The molecule has 1 aromatic carbocycles. The maximum atomic E-state index is 9.09. The first-order valence-corrected chi connectivity index (χ1v) is 6.75. The van der Waals surface area contributed by atoms with Gasteiger partial charge in [-0.1, -0.05) is 17.7 Å². The third-order valence-electron chi connectivity index (χ3n) is 3.82. The topological polar surface area (TPSA) is 27.0 Å². The SMILES string of the molecule is Cc1ccc(Cl)cc1N1CCC(C#N)CC1(C)C. The summed E-state index contributed by atoms with van der Waals surface area (Å²) in [4.78, 5) is 2.39. The molecule has 2 rings (SSSR count). The Labute approximate surface area is 114 Å². The quantitative estimate of drug-likeness (QED) is 0.760. The van der Waals surface area contributed by atoms with Gasteiger partial charge in [0.05, 0.1) is 12.0 Å². The van der Waals surface area contributed by atoms with Crippen molar-refractivity contribution in [3.8, 4) is 6.07 Å². The van der Waals surface area contributed by atoms with Crippen LogP contribution in [0.15, 0.2) is 18.2 Å². The van der Waals surface area contributed by atoms with Crippen molar-refractivity contribution in [1.82, 2.24) is 0 Å². The molecule has 1 unspecified atom stereocenters. The number of anilines is 1. The predicted molar refractivity (Wildman–Crippen MR) is 76.0 cm³/mol. The van der Waals surface area contributed by atoms with Crippen LogP contribution < -0.4 is 4.90 Å². The van der Waals surface area contributed by atoms with Crippen LogP contribution in [-0.2, 0) is 0 Å². The minimum absolute atomic E-state index is 0.00802. The zero-order valence-electron chi connectivity index (χ0n) is 11.2. The summed E-state index contributed by atoms with van der Waals surface area (Å²) in [5.74, 6) is 0.177. The zero-order valence-corrected chi connectivity index (χ0v) is 12.0. The maximum absolute atomic E-state index is 9.09. The van der Waals surface area contributed by atoms with Gasteiger partial charge < -0.3 is 4.90 Å². The first-order valence-electron chi connectivity index (χ1n) is 6.37. The number of rotatable bonds is 1. The van der Waals surface area contributed by atoms with Crippen LogP contribution in [-0.4, -0.2) is 12.1 Å². The van der Waals surface area contributed by atoms with Crippen molar-refractivity contribution in [2.24, 2.45) is 5.92 Å². The fourth-order valence-corrected chi connectivity index (χ4v) is 3.00. The zero-order chi connectivity index (χ0) is 13.3. The van der Waals surface area contributed by atoms with E-state index in [0.29, 0.717) is 0 Å². The average Bonchev–Trinajstić information content (AvgIpc) is 2.31. The van der Waals surface area contributed by atoms with E-state index in [-0.39, 0.29) is 11.5 Å². The molecule has 0 radical (unpaired) electrons. The molecule has 1 aliphatic heterocycles. The van der Waals surface area contributed by atoms with Crippen molar-refractivity contribution in [3.05, 3.63) is 28.8 Å². The second kappa shape index (κ2) is 4.82. The number of hydrogen-bond acceptors (Lipinski definition) is 2. The van der Waals surface area contributed by atoms with Crippen LogP contribution in [0.4, 0.5) is 5.69 Å². The molecular formula is C15H19ClN2. The summed E-state index contributed by atoms with van der Waals surface area (Å²) < 4.78 is 0. The summed E-state index contributed by atoms with van der Waals surface area (Å²) in [5.41, 5.74) is 2.44. The van der Waals surface area contributed by atoms with E-state index in [2.05, 4.69) is 37.8 Å². The molecule has 1 saturated heterocycles. The van der Waals surface area contributed by atoms with Crippen LogP contribution in [0.25, 0.3) is 0 Å². The summed E-state index contributed by atoms with van der Waals surface area (Å²) in [6, 6.07) is 8.42. The van der Waals surface area contributed by atoms with Gasteiger partial charge in [0.2, 0.25) is 0 Å². The Hall–Kier alpha value is -1.20. The van der Waals surface area contributed by atoms with Gasteiger partial charge in [-0.3, -0.25) is 0 Å². The van der Waals surface area contributed by atoms with Crippen molar-refractivity contribution < 1.29 is 0 Å². The monoisotopic (exact) mass is 262 g/mol. The molecule has 0 saturated carbocycles. The van der Waals surface area contributed by atoms with E-state index >= 15 is 0 Å². The number of hydrogen-bond donors (Lipinski definition) is 0. The van der Waals surface area contributed by atoms with Crippen LogP contribution in [0.5, 0.6) is 0 Å². The summed E-state index contributed by atoms with van der Waals surface area (Å²) in [6.07, 6.45) is 1.85. The lowest BCUT2D eigenvalue weighted by Gasteiger charge is -2.46. The van der Waals surface area contributed by atoms with Gasteiger partial charge in [0.1, 0.15) is 0 Å². The first-order chi connectivity index (χ1) is 8.44. The molecule has 1 atom stereocenters. The number of piperidine rings is 1. The van der Waals surface area contributed by atoms with Gasteiger partial charge in [-0.15, -0.1) is 0 Å². The van der Waals surface area contributed by atoms with Gasteiger partial charge >= 0.3 is 0 Å². The molecule has 96 valence electrons. The molecule has 0 N–H and O–H groups in total. The van der Waals surface area contributed by atoms with Crippen LogP contribution in [0.2, 0.25) is 5.02 Å². The third kappa shape index (κ3) is 2.47. The number of halogens is 1. The van der Waals surface area contributed by atoms with Crippen LogP contribution in [0, 0.1) is 24.2 Å². The number of nitrogens with zero attached hydrogens (tertiary/aromatic N) is 2. The van der Waals surface area contributed by atoms with Gasteiger partial charge in [0.25, 0.3) is 0 Å². The van der Waals surface area contributed by atoms with E-state index in [1.165, 1.54) is 11.3 Å². The lowest BCUT2D eigenvalue weighted by molar-refractivity contribution is 0.315.